The smallest absolute Gasteiger partial charge is 0.267 e. The van der Waals surface area contributed by atoms with Gasteiger partial charge < -0.3 is 15.4 Å². The lowest BCUT2D eigenvalue weighted by molar-refractivity contribution is 0.0937. The van der Waals surface area contributed by atoms with Crippen molar-refractivity contribution in [3.05, 3.63) is 23.0 Å². The highest BCUT2D eigenvalue weighted by molar-refractivity contribution is 5.93. The highest BCUT2D eigenvalue weighted by Gasteiger charge is 2.13. The fourth-order valence-electron chi connectivity index (χ4n) is 2.23. The van der Waals surface area contributed by atoms with Gasteiger partial charge in [0.1, 0.15) is 5.69 Å². The van der Waals surface area contributed by atoms with Crippen molar-refractivity contribution in [2.75, 3.05) is 13.2 Å². The van der Waals surface area contributed by atoms with E-state index in [0.717, 1.165) is 30.5 Å². The van der Waals surface area contributed by atoms with Gasteiger partial charge in [-0.15, -0.1) is 0 Å². The molecule has 0 spiro atoms. The number of carbonyl (C=O) groups excluding carboxylic acids is 1. The average Bonchev–Trinajstić information content (AvgIpc) is 2.65. The molecule has 0 aliphatic heterocycles. The molecule has 1 aromatic rings. The number of aromatic nitrogens is 1. The second-order valence-electron chi connectivity index (χ2n) is 4.89. The van der Waals surface area contributed by atoms with Gasteiger partial charge in [-0.3, -0.25) is 4.79 Å². The summed E-state index contributed by atoms with van der Waals surface area (Å²) in [5.41, 5.74) is 2.61. The van der Waals surface area contributed by atoms with Crippen molar-refractivity contribution in [2.24, 2.45) is 5.92 Å². The van der Waals surface area contributed by atoms with Gasteiger partial charge in [0, 0.05) is 18.8 Å². The van der Waals surface area contributed by atoms with Crippen LogP contribution in [-0.2, 0) is 0 Å². The van der Waals surface area contributed by atoms with Gasteiger partial charge in [0.05, 0.1) is 0 Å². The average molecular weight is 252 g/mol. The minimum Gasteiger partial charge on any atom is -0.396 e. The van der Waals surface area contributed by atoms with E-state index in [1.165, 1.54) is 0 Å². The molecule has 18 heavy (non-hydrogen) atoms. The van der Waals surface area contributed by atoms with Crippen LogP contribution in [0.1, 0.15) is 47.9 Å². The zero-order chi connectivity index (χ0) is 13.5. The topological polar surface area (TPSA) is 65.1 Å². The van der Waals surface area contributed by atoms with Crippen molar-refractivity contribution in [1.29, 1.82) is 0 Å². The normalized spacial score (nSPS) is 12.4. The van der Waals surface area contributed by atoms with Gasteiger partial charge >= 0.3 is 0 Å². The Labute approximate surface area is 109 Å². The largest absolute Gasteiger partial charge is 0.396 e. The summed E-state index contributed by atoms with van der Waals surface area (Å²) in [6, 6.07) is 1.96. The minimum absolute atomic E-state index is 0.0559. The Kier molecular flexibility index (Phi) is 5.92. The van der Waals surface area contributed by atoms with Gasteiger partial charge in [0.2, 0.25) is 0 Å². The van der Waals surface area contributed by atoms with E-state index in [-0.39, 0.29) is 12.5 Å². The molecule has 4 heteroatoms. The number of aromatic amines is 1. The van der Waals surface area contributed by atoms with Gasteiger partial charge in [-0.05, 0) is 44.2 Å². The first kappa shape index (κ1) is 14.8. The molecule has 0 aliphatic rings. The van der Waals surface area contributed by atoms with E-state index >= 15 is 0 Å². The summed E-state index contributed by atoms with van der Waals surface area (Å²) in [5.74, 6) is 0.306. The number of rotatable bonds is 7. The first-order chi connectivity index (χ1) is 8.58. The monoisotopic (exact) mass is 252 g/mol. The molecular formula is C14H24N2O2. The Bertz CT molecular complexity index is 379. The second-order valence-corrected chi connectivity index (χ2v) is 4.89. The number of amides is 1. The van der Waals surface area contributed by atoms with Crippen molar-refractivity contribution in [1.82, 2.24) is 10.3 Å². The summed E-state index contributed by atoms with van der Waals surface area (Å²) in [6.45, 7) is 6.79. The Balaban J connectivity index is 2.51. The van der Waals surface area contributed by atoms with E-state index in [0.29, 0.717) is 18.2 Å². The van der Waals surface area contributed by atoms with Gasteiger partial charge in [-0.25, -0.2) is 0 Å². The number of hydrogen-bond donors (Lipinski definition) is 3. The number of nitrogens with one attached hydrogen (secondary N) is 2. The quantitative estimate of drug-likeness (QED) is 0.696. The minimum atomic E-state index is -0.0559. The van der Waals surface area contributed by atoms with Crippen molar-refractivity contribution in [3.8, 4) is 0 Å². The van der Waals surface area contributed by atoms with E-state index < -0.39 is 0 Å². The van der Waals surface area contributed by atoms with Crippen LogP contribution in [0.5, 0.6) is 0 Å². The van der Waals surface area contributed by atoms with Crippen LogP contribution in [0.3, 0.4) is 0 Å². The number of H-pyrrole nitrogens is 1. The van der Waals surface area contributed by atoms with Crippen LogP contribution >= 0.6 is 0 Å². The molecule has 0 fully saturated rings. The van der Waals surface area contributed by atoms with Crippen LogP contribution in [0.25, 0.3) is 0 Å². The lowest BCUT2D eigenvalue weighted by Gasteiger charge is -2.15. The van der Waals surface area contributed by atoms with Crippen LogP contribution in [-0.4, -0.2) is 29.1 Å². The zero-order valence-electron chi connectivity index (χ0n) is 11.5. The standard InChI is InChI=1S/C14H24N2O2/c1-4-5-12(6-7-17)9-15-14(18)13-10(2)8-11(3)16-13/h8,12,16-17H,4-7,9H2,1-3H3,(H,15,18). The molecule has 1 aromatic heterocycles. The van der Waals surface area contributed by atoms with Crippen molar-refractivity contribution < 1.29 is 9.90 Å². The summed E-state index contributed by atoms with van der Waals surface area (Å²) < 4.78 is 0. The fourth-order valence-corrected chi connectivity index (χ4v) is 2.23. The van der Waals surface area contributed by atoms with Crippen molar-refractivity contribution in [3.63, 3.8) is 0 Å². The molecule has 1 unspecified atom stereocenters. The first-order valence-corrected chi connectivity index (χ1v) is 6.63. The van der Waals surface area contributed by atoms with E-state index in [2.05, 4.69) is 17.2 Å². The Morgan fingerprint density at radius 1 is 1.44 bits per heavy atom. The number of aliphatic hydroxyl groups is 1. The predicted octanol–water partition coefficient (Wildman–Crippen LogP) is 2.16. The van der Waals surface area contributed by atoms with Crippen LogP contribution in [0, 0.1) is 19.8 Å². The lowest BCUT2D eigenvalue weighted by Crippen LogP contribution is -2.30. The van der Waals surface area contributed by atoms with Crippen LogP contribution in [0.4, 0.5) is 0 Å². The first-order valence-electron chi connectivity index (χ1n) is 6.63. The summed E-state index contributed by atoms with van der Waals surface area (Å²) in [6.07, 6.45) is 2.85. The molecule has 0 bridgehead atoms. The molecule has 0 saturated carbocycles. The molecule has 102 valence electrons. The molecule has 1 amide bonds. The van der Waals surface area contributed by atoms with Crippen LogP contribution in [0.2, 0.25) is 0 Å². The molecule has 1 heterocycles. The molecular weight excluding hydrogens is 228 g/mol. The Morgan fingerprint density at radius 2 is 2.17 bits per heavy atom. The molecule has 3 N–H and O–H groups in total. The van der Waals surface area contributed by atoms with Gasteiger partial charge in [-0.1, -0.05) is 13.3 Å². The second kappa shape index (κ2) is 7.21. The highest BCUT2D eigenvalue weighted by Crippen LogP contribution is 2.11. The summed E-state index contributed by atoms with van der Waals surface area (Å²) in [5, 5.41) is 11.9. The third kappa shape index (κ3) is 4.18. The van der Waals surface area contributed by atoms with E-state index in [1.807, 2.05) is 19.9 Å². The lowest BCUT2D eigenvalue weighted by atomic mass is 10.0. The predicted molar refractivity (Wildman–Crippen MR) is 72.7 cm³/mol. The number of aryl methyl sites for hydroxylation is 2. The van der Waals surface area contributed by atoms with Crippen molar-refractivity contribution >= 4 is 5.91 Å². The summed E-state index contributed by atoms with van der Waals surface area (Å²) >= 11 is 0. The molecule has 1 rings (SSSR count). The SMILES string of the molecule is CCCC(CCO)CNC(=O)c1[nH]c(C)cc1C. The van der Waals surface area contributed by atoms with E-state index in [4.69, 9.17) is 5.11 Å². The number of hydrogen-bond acceptors (Lipinski definition) is 2. The number of aliphatic hydroxyl groups excluding tert-OH is 1. The van der Waals surface area contributed by atoms with E-state index in [1.54, 1.807) is 0 Å². The van der Waals surface area contributed by atoms with Crippen LogP contribution in [0.15, 0.2) is 6.07 Å². The summed E-state index contributed by atoms with van der Waals surface area (Å²) in [7, 11) is 0. The highest BCUT2D eigenvalue weighted by atomic mass is 16.3. The maximum atomic E-state index is 12.0. The van der Waals surface area contributed by atoms with Gasteiger partial charge in [-0.2, -0.15) is 0 Å². The molecule has 0 radical (unpaired) electrons. The molecule has 4 nitrogen and oxygen atoms in total. The van der Waals surface area contributed by atoms with Gasteiger partial charge in [0.25, 0.3) is 5.91 Å². The molecule has 0 saturated heterocycles. The zero-order valence-corrected chi connectivity index (χ0v) is 11.5. The Hall–Kier alpha value is -1.29. The van der Waals surface area contributed by atoms with Crippen LogP contribution < -0.4 is 5.32 Å². The molecule has 1 atom stereocenters. The maximum absolute atomic E-state index is 12.0. The van der Waals surface area contributed by atoms with Gasteiger partial charge in [0.15, 0.2) is 0 Å². The fraction of sp³-hybridized carbons (Fsp3) is 0.643. The van der Waals surface area contributed by atoms with E-state index in [9.17, 15) is 4.79 Å². The Morgan fingerprint density at radius 3 is 2.67 bits per heavy atom. The van der Waals surface area contributed by atoms with Crippen molar-refractivity contribution in [2.45, 2.75) is 40.0 Å². The third-order valence-corrected chi connectivity index (χ3v) is 3.16. The maximum Gasteiger partial charge on any atom is 0.267 e. The molecule has 0 aliphatic carbocycles. The molecule has 0 aromatic carbocycles. The number of carbonyl (C=O) groups is 1. The third-order valence-electron chi connectivity index (χ3n) is 3.16. The summed E-state index contributed by atoms with van der Waals surface area (Å²) in [4.78, 5) is 15.1.